The number of benzene rings is 2. The summed E-state index contributed by atoms with van der Waals surface area (Å²) < 4.78 is 1.90. The van der Waals surface area contributed by atoms with Gasteiger partial charge in [0.1, 0.15) is 5.60 Å². The molecule has 1 heterocycles. The number of hydrogen-bond acceptors (Lipinski definition) is 2. The average Bonchev–Trinajstić information content (AvgIpc) is 2.97. The number of carbonyl (C=O) groups excluding carboxylic acids is 1. The molecule has 1 N–H and O–H groups in total. The Hall–Kier alpha value is -2.90. The highest BCUT2D eigenvalue weighted by molar-refractivity contribution is 5.89. The minimum absolute atomic E-state index is 0.144. The largest absolute Gasteiger partial charge is 0.380 e. The van der Waals surface area contributed by atoms with Crippen LogP contribution in [0.2, 0.25) is 0 Å². The number of hydrogen-bond donors (Lipinski definition) is 1. The van der Waals surface area contributed by atoms with Gasteiger partial charge >= 0.3 is 0 Å². The van der Waals surface area contributed by atoms with Gasteiger partial charge < -0.3 is 9.67 Å². The first-order valence-corrected chi connectivity index (χ1v) is 8.17. The summed E-state index contributed by atoms with van der Waals surface area (Å²) in [6.07, 6.45) is 2.03. The Bertz CT molecular complexity index is 977. The molecule has 3 rings (SSSR count). The molecule has 0 fully saturated rings. The smallest absolute Gasteiger partial charge is 0.190 e. The van der Waals surface area contributed by atoms with Crippen molar-refractivity contribution in [2.45, 2.75) is 32.4 Å². The summed E-state index contributed by atoms with van der Waals surface area (Å²) in [6, 6.07) is 15.2. The van der Waals surface area contributed by atoms with Gasteiger partial charge in [0.15, 0.2) is 11.5 Å². The van der Waals surface area contributed by atoms with Crippen molar-refractivity contribution in [1.29, 1.82) is 0 Å². The number of fused-ring (bicyclic) bond motifs is 1. The van der Waals surface area contributed by atoms with Crippen LogP contribution in [0.25, 0.3) is 15.7 Å². The Morgan fingerprint density at radius 2 is 2.00 bits per heavy atom. The van der Waals surface area contributed by atoms with Gasteiger partial charge in [-0.1, -0.05) is 36.4 Å². The van der Waals surface area contributed by atoms with Gasteiger partial charge in [-0.15, -0.1) is 0 Å². The van der Waals surface area contributed by atoms with E-state index in [1.807, 2.05) is 54.1 Å². The van der Waals surface area contributed by atoms with Gasteiger partial charge in [-0.05, 0) is 42.5 Å². The number of carbonyl (C=O) groups is 1. The molecule has 0 unspecified atom stereocenters. The molecule has 4 heteroatoms. The molecule has 0 radical (unpaired) electrons. The van der Waals surface area contributed by atoms with Crippen LogP contribution in [0.15, 0.2) is 54.7 Å². The normalized spacial score (nSPS) is 13.4. The molecule has 4 nitrogen and oxygen atoms in total. The van der Waals surface area contributed by atoms with Crippen molar-refractivity contribution in [3.63, 3.8) is 0 Å². The summed E-state index contributed by atoms with van der Waals surface area (Å²) in [5, 5.41) is 11.8. The Morgan fingerprint density at radius 1 is 1.24 bits per heavy atom. The van der Waals surface area contributed by atoms with E-state index in [0.29, 0.717) is 5.69 Å². The second-order valence-electron chi connectivity index (χ2n) is 6.61. The third-order valence-corrected chi connectivity index (χ3v) is 4.51. The summed E-state index contributed by atoms with van der Waals surface area (Å²) in [5.41, 5.74) is 1.77. The van der Waals surface area contributed by atoms with Crippen LogP contribution in [0.1, 0.15) is 18.1 Å². The van der Waals surface area contributed by atoms with Crippen molar-refractivity contribution in [3.05, 3.63) is 77.3 Å². The molecule has 0 saturated heterocycles. The quantitative estimate of drug-likeness (QED) is 0.716. The van der Waals surface area contributed by atoms with Gasteiger partial charge in [-0.3, -0.25) is 4.79 Å². The molecule has 1 atom stereocenters. The second kappa shape index (κ2) is 6.54. The lowest BCUT2D eigenvalue weighted by molar-refractivity contribution is -0.136. The van der Waals surface area contributed by atoms with Crippen LogP contribution >= 0.6 is 0 Å². The molecule has 0 spiro atoms. The van der Waals surface area contributed by atoms with Gasteiger partial charge in [0.2, 0.25) is 0 Å². The first kappa shape index (κ1) is 16.9. The number of nitrogens with zero attached hydrogens (tertiary/aromatic N) is 2. The number of para-hydroxylation sites is 1. The lowest BCUT2D eigenvalue weighted by Gasteiger charge is -2.23. The average molecular weight is 332 g/mol. The molecule has 1 aromatic heterocycles. The predicted molar refractivity (Wildman–Crippen MR) is 98.7 cm³/mol. The fraction of sp³-hybridized carbons (Fsp3) is 0.238. The van der Waals surface area contributed by atoms with Crippen molar-refractivity contribution < 1.29 is 9.90 Å². The van der Waals surface area contributed by atoms with Gasteiger partial charge in [-0.2, -0.15) is 0 Å². The maximum absolute atomic E-state index is 12.6. The molecule has 0 aliphatic heterocycles. The van der Waals surface area contributed by atoms with Crippen molar-refractivity contribution in [2.24, 2.45) is 0 Å². The highest BCUT2D eigenvalue weighted by Crippen LogP contribution is 2.23. The standard InChI is InChI=1S/C21H20N2O2/c1-15-12-16(8-9-18(15)22-3)13-20(24)21(2,25)14-23-11-10-17-6-4-5-7-19(17)23/h4-12,25H,13-14H2,1-2H3/t21-/m0/s1. The minimum Gasteiger partial charge on any atom is -0.380 e. The second-order valence-corrected chi connectivity index (χ2v) is 6.61. The van der Waals surface area contributed by atoms with Gasteiger partial charge in [-0.25, -0.2) is 4.85 Å². The van der Waals surface area contributed by atoms with E-state index in [2.05, 4.69) is 4.85 Å². The van der Waals surface area contributed by atoms with E-state index in [1.165, 1.54) is 0 Å². The molecule has 25 heavy (non-hydrogen) atoms. The minimum atomic E-state index is -1.46. The summed E-state index contributed by atoms with van der Waals surface area (Å²) in [7, 11) is 0. The van der Waals surface area contributed by atoms with E-state index < -0.39 is 5.60 Å². The number of rotatable bonds is 5. The predicted octanol–water partition coefficient (Wildman–Crippen LogP) is 4.06. The third kappa shape index (κ3) is 3.47. The summed E-state index contributed by atoms with van der Waals surface area (Å²) in [6.45, 7) is 10.7. The molecule has 0 bridgehead atoms. The van der Waals surface area contributed by atoms with Crippen molar-refractivity contribution >= 4 is 22.4 Å². The number of Topliss-reactive ketones (excluding diaryl/α,β-unsaturated/α-hetero) is 1. The topological polar surface area (TPSA) is 46.6 Å². The van der Waals surface area contributed by atoms with Gasteiger partial charge in [0, 0.05) is 18.1 Å². The molecule has 126 valence electrons. The van der Waals surface area contributed by atoms with E-state index in [-0.39, 0.29) is 18.7 Å². The number of ketones is 1. The molecule has 2 aromatic carbocycles. The zero-order valence-electron chi connectivity index (χ0n) is 14.4. The molecule has 3 aromatic rings. The fourth-order valence-corrected chi connectivity index (χ4v) is 3.03. The van der Waals surface area contributed by atoms with Gasteiger partial charge in [0.25, 0.3) is 0 Å². The Kier molecular flexibility index (Phi) is 4.43. The number of aliphatic hydroxyl groups is 1. The lowest BCUT2D eigenvalue weighted by atomic mass is 9.94. The van der Waals surface area contributed by atoms with E-state index in [0.717, 1.165) is 22.0 Å². The summed E-state index contributed by atoms with van der Waals surface area (Å²) >= 11 is 0. The Labute approximate surface area is 147 Å². The SMILES string of the molecule is [C-]#[N+]c1ccc(CC(=O)[C@@](C)(O)Cn2ccc3ccccc32)cc1C. The molecule has 0 aliphatic rings. The highest BCUT2D eigenvalue weighted by atomic mass is 16.3. The van der Waals surface area contributed by atoms with E-state index in [9.17, 15) is 9.90 Å². The van der Waals surface area contributed by atoms with Crippen LogP contribution < -0.4 is 0 Å². The zero-order valence-corrected chi connectivity index (χ0v) is 14.4. The molecule has 0 aliphatic carbocycles. The van der Waals surface area contributed by atoms with Crippen LogP contribution in [0.3, 0.4) is 0 Å². The third-order valence-electron chi connectivity index (χ3n) is 4.51. The Morgan fingerprint density at radius 3 is 2.72 bits per heavy atom. The maximum Gasteiger partial charge on any atom is 0.190 e. The summed E-state index contributed by atoms with van der Waals surface area (Å²) in [5.74, 6) is -0.236. The Balaban J connectivity index is 1.78. The number of aryl methyl sites for hydroxylation is 1. The monoisotopic (exact) mass is 332 g/mol. The first-order valence-electron chi connectivity index (χ1n) is 8.17. The lowest BCUT2D eigenvalue weighted by Crippen LogP contribution is -2.40. The zero-order chi connectivity index (χ0) is 18.0. The van der Waals surface area contributed by atoms with Crippen LogP contribution in [0.4, 0.5) is 5.69 Å². The van der Waals surface area contributed by atoms with E-state index in [1.54, 1.807) is 19.1 Å². The summed E-state index contributed by atoms with van der Waals surface area (Å²) in [4.78, 5) is 16.1. The van der Waals surface area contributed by atoms with Crippen molar-refractivity contribution in [3.8, 4) is 0 Å². The fourth-order valence-electron chi connectivity index (χ4n) is 3.03. The number of aromatic nitrogens is 1. The van der Waals surface area contributed by atoms with Crippen LogP contribution in [0.5, 0.6) is 0 Å². The molecule has 0 saturated carbocycles. The molecular formula is C21H20N2O2. The molecule has 0 amide bonds. The maximum atomic E-state index is 12.6. The highest BCUT2D eigenvalue weighted by Gasteiger charge is 2.30. The van der Waals surface area contributed by atoms with Crippen LogP contribution in [0, 0.1) is 13.5 Å². The van der Waals surface area contributed by atoms with Crippen molar-refractivity contribution in [2.75, 3.05) is 0 Å². The van der Waals surface area contributed by atoms with E-state index in [4.69, 9.17) is 6.57 Å². The van der Waals surface area contributed by atoms with Crippen molar-refractivity contribution in [1.82, 2.24) is 4.57 Å². The van der Waals surface area contributed by atoms with E-state index >= 15 is 0 Å². The van der Waals surface area contributed by atoms with Crippen LogP contribution in [-0.2, 0) is 17.8 Å². The molecular weight excluding hydrogens is 312 g/mol. The van der Waals surface area contributed by atoms with Gasteiger partial charge in [0.05, 0.1) is 13.1 Å². The van der Waals surface area contributed by atoms with Crippen LogP contribution in [-0.4, -0.2) is 21.1 Å². The first-order chi connectivity index (χ1) is 11.9.